The van der Waals surface area contributed by atoms with Gasteiger partial charge in [0.15, 0.2) is 0 Å². The number of hydrogen-bond acceptors (Lipinski definition) is 0. The number of rotatable bonds is 3. The Labute approximate surface area is 140 Å². The first kappa shape index (κ1) is 15.2. The summed E-state index contributed by atoms with van der Waals surface area (Å²) in [5.41, 5.74) is 3.41. The fraction of sp³-hybridized carbons (Fsp3) is 0.333. The summed E-state index contributed by atoms with van der Waals surface area (Å²) in [6.07, 6.45) is 0. The van der Waals surface area contributed by atoms with Gasteiger partial charge in [-0.1, -0.05) is 108 Å². The van der Waals surface area contributed by atoms with Gasteiger partial charge in [0, 0.05) is 0 Å². The normalized spacial score (nSPS) is 11.8. The van der Waals surface area contributed by atoms with Crippen LogP contribution in [0.1, 0.15) is 27.9 Å². The molecule has 1 radical (unpaired) electrons. The van der Waals surface area contributed by atoms with E-state index in [4.69, 9.17) is 0 Å². The summed E-state index contributed by atoms with van der Waals surface area (Å²) in [5.74, 6) is 0. The van der Waals surface area contributed by atoms with Crippen LogP contribution in [-0.2, 0) is 0 Å². The first-order valence-corrected chi connectivity index (χ1v) is 9.33. The van der Waals surface area contributed by atoms with Gasteiger partial charge in [-0.2, -0.15) is 0 Å². The maximum atomic E-state index is 3.53. The molecule has 0 aromatic heterocycles. The Morgan fingerprint density at radius 3 is 1.87 bits per heavy atom. The molecule has 1 rings (SSSR count). The Morgan fingerprint density at radius 2 is 1.47 bits per heavy atom. The monoisotopic (exact) mass is 587 g/mol. The second-order valence-electron chi connectivity index (χ2n) is 2.66. The fourth-order valence-corrected chi connectivity index (χ4v) is 3.74. The van der Waals surface area contributed by atoms with Crippen molar-refractivity contribution in [2.24, 2.45) is 0 Å². The standard InChI is InChI=1S/C9H5Br6/c10-7(11)4-2-1-3-5(8(12)13)6(4)9(14)15/h1-2,7-9H. The van der Waals surface area contributed by atoms with Gasteiger partial charge in [0.25, 0.3) is 0 Å². The van der Waals surface area contributed by atoms with Crippen LogP contribution in [0.5, 0.6) is 0 Å². The smallest absolute Gasteiger partial charge is 0.0712 e. The topological polar surface area (TPSA) is 0 Å². The van der Waals surface area contributed by atoms with Gasteiger partial charge >= 0.3 is 0 Å². The van der Waals surface area contributed by atoms with Crippen LogP contribution in [0.2, 0.25) is 0 Å². The molecule has 0 atom stereocenters. The SMILES string of the molecule is BrC(Br)c1[c]ccc(C(Br)Br)c1C(Br)Br. The van der Waals surface area contributed by atoms with E-state index >= 15 is 0 Å². The molecule has 1 aromatic carbocycles. The first-order chi connectivity index (χ1) is 6.95. The lowest BCUT2D eigenvalue weighted by Gasteiger charge is -2.17. The lowest BCUT2D eigenvalue weighted by atomic mass is 10.1. The third kappa shape index (κ3) is 4.05. The Morgan fingerprint density at radius 1 is 0.867 bits per heavy atom. The van der Waals surface area contributed by atoms with E-state index in [1.54, 1.807) is 0 Å². The molecule has 0 aliphatic heterocycles. The van der Waals surface area contributed by atoms with E-state index in [1.807, 2.05) is 12.1 Å². The molecule has 0 saturated carbocycles. The van der Waals surface area contributed by atoms with Gasteiger partial charge in [-0.25, -0.2) is 0 Å². The molecule has 6 heteroatoms. The molecule has 0 nitrogen and oxygen atoms in total. The van der Waals surface area contributed by atoms with E-state index in [0.717, 1.165) is 11.1 Å². The zero-order valence-electron chi connectivity index (χ0n) is 7.15. The Bertz CT molecular complexity index is 307. The molecule has 0 N–H and O–H groups in total. The molecule has 83 valence electrons. The predicted octanol–water partition coefficient (Wildman–Crippen LogP) is 6.85. The highest BCUT2D eigenvalue weighted by Crippen LogP contribution is 2.45. The second kappa shape index (κ2) is 6.88. The Kier molecular flexibility index (Phi) is 6.95. The molecule has 0 bridgehead atoms. The lowest BCUT2D eigenvalue weighted by molar-refractivity contribution is 1.21. The Balaban J connectivity index is 3.35. The van der Waals surface area contributed by atoms with Gasteiger partial charge in [0.2, 0.25) is 0 Å². The van der Waals surface area contributed by atoms with Crippen molar-refractivity contribution < 1.29 is 0 Å². The third-order valence-electron chi connectivity index (χ3n) is 1.77. The maximum Gasteiger partial charge on any atom is 0.0955 e. The number of alkyl halides is 6. The number of halogens is 6. The highest BCUT2D eigenvalue weighted by Gasteiger charge is 2.20. The zero-order valence-corrected chi connectivity index (χ0v) is 16.7. The van der Waals surface area contributed by atoms with Crippen LogP contribution in [0.25, 0.3) is 0 Å². The molecule has 15 heavy (non-hydrogen) atoms. The van der Waals surface area contributed by atoms with E-state index < -0.39 is 0 Å². The molecular formula is C9H5Br6. The largest absolute Gasteiger partial charge is 0.0955 e. The van der Waals surface area contributed by atoms with E-state index in [0.29, 0.717) is 0 Å². The average Bonchev–Trinajstić information content (AvgIpc) is 2.16. The Hall–Kier alpha value is 2.10. The number of hydrogen-bond donors (Lipinski definition) is 0. The maximum absolute atomic E-state index is 3.53. The van der Waals surface area contributed by atoms with Crippen molar-refractivity contribution >= 4 is 95.6 Å². The van der Waals surface area contributed by atoms with Crippen LogP contribution in [0.3, 0.4) is 0 Å². The molecule has 0 spiro atoms. The van der Waals surface area contributed by atoms with Gasteiger partial charge in [0.05, 0.1) is 11.2 Å². The van der Waals surface area contributed by atoms with E-state index in [1.165, 1.54) is 5.56 Å². The summed E-state index contributed by atoms with van der Waals surface area (Å²) >= 11 is 21.1. The average molecular weight is 593 g/mol. The lowest BCUT2D eigenvalue weighted by Crippen LogP contribution is -1.98. The van der Waals surface area contributed by atoms with Crippen LogP contribution in [-0.4, -0.2) is 0 Å². The molecule has 0 fully saturated rings. The van der Waals surface area contributed by atoms with Gasteiger partial charge in [-0.05, 0) is 22.8 Å². The molecule has 0 heterocycles. The van der Waals surface area contributed by atoms with Crippen molar-refractivity contribution in [1.29, 1.82) is 0 Å². The molecule has 1 aromatic rings. The van der Waals surface area contributed by atoms with Crippen molar-refractivity contribution in [2.75, 3.05) is 0 Å². The minimum Gasteiger partial charge on any atom is -0.0712 e. The minimum atomic E-state index is 0.0938. The highest BCUT2D eigenvalue weighted by atomic mass is 79.9. The van der Waals surface area contributed by atoms with Gasteiger partial charge in [-0.3, -0.25) is 0 Å². The second-order valence-corrected chi connectivity index (χ2v) is 11.8. The van der Waals surface area contributed by atoms with Gasteiger partial charge in [-0.15, -0.1) is 0 Å². The quantitative estimate of drug-likeness (QED) is 0.337. The number of benzene rings is 1. The molecule has 0 unspecified atom stereocenters. The van der Waals surface area contributed by atoms with Crippen molar-refractivity contribution in [3.8, 4) is 0 Å². The van der Waals surface area contributed by atoms with Crippen molar-refractivity contribution in [1.82, 2.24) is 0 Å². The zero-order chi connectivity index (χ0) is 11.6. The minimum absolute atomic E-state index is 0.0938. The first-order valence-electron chi connectivity index (χ1n) is 3.84. The van der Waals surface area contributed by atoms with Crippen LogP contribution < -0.4 is 0 Å². The summed E-state index contributed by atoms with van der Waals surface area (Å²) in [7, 11) is 0. The summed E-state index contributed by atoms with van der Waals surface area (Å²) in [5, 5.41) is 0. The van der Waals surface area contributed by atoms with Crippen LogP contribution in [0, 0.1) is 6.07 Å². The summed E-state index contributed by atoms with van der Waals surface area (Å²) in [6.45, 7) is 0. The van der Waals surface area contributed by atoms with E-state index in [2.05, 4.69) is 102 Å². The molecule has 0 aliphatic rings. The van der Waals surface area contributed by atoms with Crippen LogP contribution in [0.4, 0.5) is 0 Å². The predicted molar refractivity (Wildman–Crippen MR) is 87.1 cm³/mol. The molecule has 0 saturated heterocycles. The van der Waals surface area contributed by atoms with Crippen LogP contribution >= 0.6 is 95.6 Å². The van der Waals surface area contributed by atoms with Gasteiger partial charge in [0.1, 0.15) is 0 Å². The molecule has 0 amide bonds. The fourth-order valence-electron chi connectivity index (χ4n) is 1.16. The van der Waals surface area contributed by atoms with E-state index in [-0.39, 0.29) is 11.2 Å². The third-order valence-corrected chi connectivity index (χ3v) is 4.59. The summed E-state index contributed by atoms with van der Waals surface area (Å²) in [6, 6.07) is 7.17. The van der Waals surface area contributed by atoms with Crippen LogP contribution in [0.15, 0.2) is 12.1 Å². The molecule has 0 aliphatic carbocycles. The summed E-state index contributed by atoms with van der Waals surface area (Å²) in [4.78, 5) is 0. The van der Waals surface area contributed by atoms with Crippen molar-refractivity contribution in [3.05, 3.63) is 34.9 Å². The van der Waals surface area contributed by atoms with E-state index in [9.17, 15) is 0 Å². The molecular weight excluding hydrogens is 588 g/mol. The van der Waals surface area contributed by atoms with Crippen molar-refractivity contribution in [3.63, 3.8) is 0 Å². The van der Waals surface area contributed by atoms with Gasteiger partial charge < -0.3 is 0 Å². The summed E-state index contributed by atoms with van der Waals surface area (Å²) < 4.78 is 0.323. The van der Waals surface area contributed by atoms with Crippen molar-refractivity contribution in [2.45, 2.75) is 11.2 Å². The highest BCUT2D eigenvalue weighted by molar-refractivity contribution is 9.24.